The molecule has 0 amide bonds. The van der Waals surface area contributed by atoms with Crippen LogP contribution in [-0.2, 0) is 0 Å². The molecule has 0 fully saturated rings. The first-order chi connectivity index (χ1) is 8.65. The molecule has 1 N–H and O–H groups in total. The van der Waals surface area contributed by atoms with Crippen LogP contribution >= 0.6 is 15.9 Å². The highest BCUT2D eigenvalue weighted by Gasteiger charge is 2.05. The van der Waals surface area contributed by atoms with E-state index < -0.39 is 0 Å². The highest BCUT2D eigenvalue weighted by Crippen LogP contribution is 2.29. The van der Waals surface area contributed by atoms with Gasteiger partial charge in [-0.2, -0.15) is 5.26 Å². The van der Waals surface area contributed by atoms with Gasteiger partial charge in [0.05, 0.1) is 11.6 Å². The fourth-order valence-corrected chi connectivity index (χ4v) is 2.10. The van der Waals surface area contributed by atoms with Crippen molar-refractivity contribution in [3.63, 3.8) is 0 Å². The van der Waals surface area contributed by atoms with Crippen molar-refractivity contribution in [3.8, 4) is 23.1 Å². The van der Waals surface area contributed by atoms with Gasteiger partial charge in [0.1, 0.15) is 17.4 Å². The predicted molar refractivity (Wildman–Crippen MR) is 71.5 cm³/mol. The fraction of sp³-hybridized carbons (Fsp3) is 0.0769. The zero-order chi connectivity index (χ0) is 13.1. The Morgan fingerprint density at radius 1 is 1.33 bits per heavy atom. The van der Waals surface area contributed by atoms with Crippen molar-refractivity contribution in [1.29, 1.82) is 5.26 Å². The summed E-state index contributed by atoms with van der Waals surface area (Å²) in [6, 6.07) is 10.5. The molecule has 0 atom stereocenters. The molecule has 2 aromatic rings. The topological polar surface area (TPSA) is 65.9 Å². The van der Waals surface area contributed by atoms with Crippen LogP contribution in [0.5, 0.6) is 5.75 Å². The van der Waals surface area contributed by atoms with E-state index in [1.54, 1.807) is 19.2 Å². The lowest BCUT2D eigenvalue weighted by Gasteiger charge is -2.06. The number of nitriles is 1. The average Bonchev–Trinajstić information content (AvgIpc) is 2.38. The number of H-pyrrole nitrogens is 1. The van der Waals surface area contributed by atoms with Gasteiger partial charge in [-0.1, -0.05) is 0 Å². The van der Waals surface area contributed by atoms with E-state index in [0.29, 0.717) is 5.69 Å². The summed E-state index contributed by atoms with van der Waals surface area (Å²) < 4.78 is 5.93. The standard InChI is InChI=1S/C13H9BrN2O2/c1-18-12-5-3-8(6-10(12)14)11-4-2-9(7-15)13(17)16-11/h2-6H,1H3,(H,16,17). The molecule has 1 heterocycles. The second-order valence-electron chi connectivity index (χ2n) is 3.58. The normalized spacial score (nSPS) is 9.83. The number of benzene rings is 1. The lowest BCUT2D eigenvalue weighted by molar-refractivity contribution is 0.412. The van der Waals surface area contributed by atoms with Gasteiger partial charge in [0.15, 0.2) is 0 Å². The highest BCUT2D eigenvalue weighted by molar-refractivity contribution is 9.10. The molecule has 18 heavy (non-hydrogen) atoms. The second kappa shape index (κ2) is 5.07. The van der Waals surface area contributed by atoms with Gasteiger partial charge in [-0.15, -0.1) is 0 Å². The number of hydrogen-bond donors (Lipinski definition) is 1. The maximum Gasteiger partial charge on any atom is 0.266 e. The number of pyridine rings is 1. The Labute approximate surface area is 112 Å². The van der Waals surface area contributed by atoms with Crippen molar-refractivity contribution >= 4 is 15.9 Å². The number of nitrogens with zero attached hydrogens (tertiary/aromatic N) is 1. The molecule has 4 nitrogen and oxygen atoms in total. The predicted octanol–water partition coefficient (Wildman–Crippen LogP) is 2.68. The number of aromatic amines is 1. The number of rotatable bonds is 2. The van der Waals surface area contributed by atoms with Crippen LogP contribution in [0.3, 0.4) is 0 Å². The zero-order valence-corrected chi connectivity index (χ0v) is 11.1. The quantitative estimate of drug-likeness (QED) is 0.927. The molecule has 1 aromatic heterocycles. The van der Waals surface area contributed by atoms with Crippen LogP contribution in [0, 0.1) is 11.3 Å². The third-order valence-corrected chi connectivity index (χ3v) is 3.11. The van der Waals surface area contributed by atoms with Gasteiger partial charge in [0.2, 0.25) is 0 Å². The molecule has 1 aromatic carbocycles. The van der Waals surface area contributed by atoms with Crippen molar-refractivity contribution in [1.82, 2.24) is 4.98 Å². The van der Waals surface area contributed by atoms with Crippen molar-refractivity contribution in [2.24, 2.45) is 0 Å². The Kier molecular flexibility index (Phi) is 3.49. The van der Waals surface area contributed by atoms with Crippen molar-refractivity contribution in [2.75, 3.05) is 7.11 Å². The third kappa shape index (κ3) is 2.29. The minimum absolute atomic E-state index is 0.103. The summed E-state index contributed by atoms with van der Waals surface area (Å²) >= 11 is 3.38. The number of aromatic nitrogens is 1. The van der Waals surface area contributed by atoms with Crippen LogP contribution in [-0.4, -0.2) is 12.1 Å². The fourth-order valence-electron chi connectivity index (χ4n) is 1.56. The summed E-state index contributed by atoms with van der Waals surface area (Å²) in [5.41, 5.74) is 1.21. The Hall–Kier alpha value is -2.06. The maximum absolute atomic E-state index is 11.5. The lowest BCUT2D eigenvalue weighted by atomic mass is 10.1. The Bertz CT molecular complexity index is 686. The summed E-state index contributed by atoms with van der Waals surface area (Å²) in [4.78, 5) is 14.2. The Morgan fingerprint density at radius 2 is 2.11 bits per heavy atom. The average molecular weight is 305 g/mol. The first-order valence-electron chi connectivity index (χ1n) is 5.13. The number of hydrogen-bond acceptors (Lipinski definition) is 3. The van der Waals surface area contributed by atoms with Crippen molar-refractivity contribution in [3.05, 3.63) is 50.7 Å². The minimum Gasteiger partial charge on any atom is -0.496 e. The monoisotopic (exact) mass is 304 g/mol. The molecule has 0 saturated heterocycles. The molecular weight excluding hydrogens is 296 g/mol. The van der Waals surface area contributed by atoms with E-state index in [9.17, 15) is 4.79 Å². The van der Waals surface area contributed by atoms with Crippen molar-refractivity contribution in [2.45, 2.75) is 0 Å². The van der Waals surface area contributed by atoms with E-state index in [0.717, 1.165) is 15.8 Å². The summed E-state index contributed by atoms with van der Waals surface area (Å²) in [6.07, 6.45) is 0. The van der Waals surface area contributed by atoms with Crippen LogP contribution < -0.4 is 10.3 Å². The molecule has 0 unspecified atom stereocenters. The number of halogens is 1. The Balaban J connectivity index is 2.50. The van der Waals surface area contributed by atoms with E-state index in [2.05, 4.69) is 20.9 Å². The van der Waals surface area contributed by atoms with E-state index in [1.165, 1.54) is 6.07 Å². The first-order valence-corrected chi connectivity index (χ1v) is 5.92. The molecule has 0 saturated carbocycles. The van der Waals surface area contributed by atoms with Gasteiger partial charge in [-0.05, 0) is 51.8 Å². The van der Waals surface area contributed by atoms with Gasteiger partial charge in [0, 0.05) is 5.69 Å². The lowest BCUT2D eigenvalue weighted by Crippen LogP contribution is -2.10. The summed E-state index contributed by atoms with van der Waals surface area (Å²) in [5, 5.41) is 8.70. The molecule has 0 radical (unpaired) electrons. The molecule has 0 bridgehead atoms. The van der Waals surface area contributed by atoms with Crippen LogP contribution in [0.25, 0.3) is 11.3 Å². The van der Waals surface area contributed by atoms with Gasteiger partial charge >= 0.3 is 0 Å². The molecule has 5 heteroatoms. The van der Waals surface area contributed by atoms with Gasteiger partial charge < -0.3 is 9.72 Å². The summed E-state index contributed by atoms with van der Waals surface area (Å²) in [7, 11) is 1.59. The van der Waals surface area contributed by atoms with Crippen molar-refractivity contribution < 1.29 is 4.74 Å². The number of methoxy groups -OCH3 is 1. The molecule has 0 aliphatic heterocycles. The van der Waals surface area contributed by atoms with Gasteiger partial charge in [-0.25, -0.2) is 0 Å². The molecule has 90 valence electrons. The summed E-state index contributed by atoms with van der Waals surface area (Å²) in [6.45, 7) is 0. The third-order valence-electron chi connectivity index (χ3n) is 2.49. The Morgan fingerprint density at radius 3 is 2.67 bits per heavy atom. The SMILES string of the molecule is COc1ccc(-c2ccc(C#N)c(=O)[nH]2)cc1Br. The van der Waals surface area contributed by atoms with Crippen LogP contribution in [0.1, 0.15) is 5.56 Å². The molecule has 0 aliphatic rings. The number of ether oxygens (including phenoxy) is 1. The largest absolute Gasteiger partial charge is 0.496 e. The maximum atomic E-state index is 11.5. The van der Waals surface area contributed by atoms with E-state index in [4.69, 9.17) is 10.00 Å². The van der Waals surface area contributed by atoms with Gasteiger partial charge in [0.25, 0.3) is 5.56 Å². The zero-order valence-electron chi connectivity index (χ0n) is 9.53. The van der Waals surface area contributed by atoms with E-state index in [1.807, 2.05) is 18.2 Å². The summed E-state index contributed by atoms with van der Waals surface area (Å²) in [5.74, 6) is 0.717. The van der Waals surface area contributed by atoms with E-state index >= 15 is 0 Å². The van der Waals surface area contributed by atoms with Crippen LogP contribution in [0.2, 0.25) is 0 Å². The second-order valence-corrected chi connectivity index (χ2v) is 4.43. The molecular formula is C13H9BrN2O2. The van der Waals surface area contributed by atoms with E-state index in [-0.39, 0.29) is 11.1 Å². The first kappa shape index (κ1) is 12.4. The molecule has 2 rings (SSSR count). The van der Waals surface area contributed by atoms with Crippen LogP contribution in [0.4, 0.5) is 0 Å². The number of nitrogens with one attached hydrogen (secondary N) is 1. The van der Waals surface area contributed by atoms with Crippen LogP contribution in [0.15, 0.2) is 39.6 Å². The molecule has 0 aliphatic carbocycles. The highest BCUT2D eigenvalue weighted by atomic mass is 79.9. The molecule has 0 spiro atoms. The minimum atomic E-state index is -0.387. The smallest absolute Gasteiger partial charge is 0.266 e. The van der Waals surface area contributed by atoms with Gasteiger partial charge in [-0.3, -0.25) is 4.79 Å².